The maximum absolute atomic E-state index is 11.0. The van der Waals surface area contributed by atoms with Gasteiger partial charge in [-0.2, -0.15) is 0 Å². The summed E-state index contributed by atoms with van der Waals surface area (Å²) >= 11 is 0. The zero-order valence-electron chi connectivity index (χ0n) is 8.47. The molecule has 0 saturated carbocycles. The number of aromatic nitrogens is 1. The van der Waals surface area contributed by atoms with E-state index >= 15 is 0 Å². The summed E-state index contributed by atoms with van der Waals surface area (Å²) in [5, 5.41) is 0. The average molecular weight is 200 g/mol. The lowest BCUT2D eigenvalue weighted by Gasteiger charge is -2.08. The van der Waals surface area contributed by atoms with Crippen LogP contribution in [0.15, 0.2) is 42.7 Å². The van der Waals surface area contributed by atoms with E-state index < -0.39 is 5.91 Å². The highest BCUT2D eigenvalue weighted by Crippen LogP contribution is 2.15. The van der Waals surface area contributed by atoms with Gasteiger partial charge in [-0.25, -0.2) is 0 Å². The summed E-state index contributed by atoms with van der Waals surface area (Å²) in [6.45, 7) is 2.00. The molecule has 0 atom stereocenters. The molecule has 0 radical (unpaired) electrons. The fourth-order valence-electron chi connectivity index (χ4n) is 1.54. The summed E-state index contributed by atoms with van der Waals surface area (Å²) in [6, 6.07) is 9.32. The van der Waals surface area contributed by atoms with Crippen molar-refractivity contribution >= 4 is 5.91 Å². The molecule has 3 nitrogen and oxygen atoms in total. The molecule has 15 heavy (non-hydrogen) atoms. The van der Waals surface area contributed by atoms with E-state index in [2.05, 4.69) is 0 Å². The van der Waals surface area contributed by atoms with E-state index in [-0.39, 0.29) is 0 Å². The van der Waals surface area contributed by atoms with Crippen LogP contribution in [0.4, 0.5) is 0 Å². The van der Waals surface area contributed by atoms with Crippen molar-refractivity contribution in [1.29, 1.82) is 0 Å². The normalized spacial score (nSPS) is 10.2. The number of aryl methyl sites for hydroxylation is 1. The summed E-state index contributed by atoms with van der Waals surface area (Å²) in [7, 11) is 0. The second kappa shape index (κ2) is 3.61. The van der Waals surface area contributed by atoms with E-state index in [1.165, 1.54) is 0 Å². The van der Waals surface area contributed by atoms with Gasteiger partial charge in [0.2, 0.25) is 5.91 Å². The van der Waals surface area contributed by atoms with Crippen LogP contribution >= 0.6 is 0 Å². The molecule has 1 aromatic heterocycles. The van der Waals surface area contributed by atoms with Gasteiger partial charge in [0.25, 0.3) is 0 Å². The van der Waals surface area contributed by atoms with Crippen molar-refractivity contribution in [2.45, 2.75) is 6.92 Å². The number of hydrogen-bond acceptors (Lipinski definition) is 1. The first-order chi connectivity index (χ1) is 7.18. The molecule has 0 saturated heterocycles. The lowest BCUT2D eigenvalue weighted by Crippen LogP contribution is -2.11. The first-order valence-electron chi connectivity index (χ1n) is 4.72. The Morgan fingerprint density at radius 3 is 2.53 bits per heavy atom. The van der Waals surface area contributed by atoms with Crippen molar-refractivity contribution < 1.29 is 4.79 Å². The Morgan fingerprint density at radius 1 is 1.27 bits per heavy atom. The van der Waals surface area contributed by atoms with Crippen LogP contribution < -0.4 is 5.73 Å². The van der Waals surface area contributed by atoms with Crippen LogP contribution in [-0.4, -0.2) is 10.5 Å². The molecule has 1 heterocycles. The number of benzene rings is 1. The molecule has 76 valence electrons. The highest BCUT2D eigenvalue weighted by Gasteiger charge is 2.05. The van der Waals surface area contributed by atoms with Gasteiger partial charge in [-0.15, -0.1) is 0 Å². The van der Waals surface area contributed by atoms with Crippen molar-refractivity contribution in [2.24, 2.45) is 5.73 Å². The summed E-state index contributed by atoms with van der Waals surface area (Å²) in [5.74, 6) is -0.400. The third-order valence-corrected chi connectivity index (χ3v) is 2.38. The van der Waals surface area contributed by atoms with Crippen LogP contribution in [0, 0.1) is 6.92 Å². The fraction of sp³-hybridized carbons (Fsp3) is 0.0833. The molecule has 2 N–H and O–H groups in total. The standard InChI is InChI=1S/C12H12N2O/c1-9-4-5-10(12(13)15)8-11(9)14-6-2-3-7-14/h2-8H,1H3,(H2,13,15). The van der Waals surface area contributed by atoms with E-state index in [0.29, 0.717) is 5.56 Å². The number of nitrogens with two attached hydrogens (primary N) is 1. The minimum absolute atomic E-state index is 0.400. The van der Waals surface area contributed by atoms with Gasteiger partial charge in [-0.05, 0) is 36.8 Å². The molecule has 0 unspecified atom stereocenters. The highest BCUT2D eigenvalue weighted by molar-refractivity contribution is 5.93. The Balaban J connectivity index is 2.55. The number of hydrogen-bond donors (Lipinski definition) is 1. The zero-order chi connectivity index (χ0) is 10.8. The lowest BCUT2D eigenvalue weighted by atomic mass is 10.1. The predicted molar refractivity (Wildman–Crippen MR) is 59.0 cm³/mol. The fourth-order valence-corrected chi connectivity index (χ4v) is 1.54. The number of rotatable bonds is 2. The summed E-state index contributed by atoms with van der Waals surface area (Å²) in [5.41, 5.74) is 7.86. The second-order valence-corrected chi connectivity index (χ2v) is 3.46. The highest BCUT2D eigenvalue weighted by atomic mass is 16.1. The maximum atomic E-state index is 11.0. The van der Waals surface area contributed by atoms with Gasteiger partial charge in [-0.3, -0.25) is 4.79 Å². The molecule has 0 aliphatic carbocycles. The summed E-state index contributed by atoms with van der Waals surface area (Å²) in [4.78, 5) is 11.0. The Bertz CT molecular complexity index is 486. The minimum atomic E-state index is -0.400. The number of amides is 1. The monoisotopic (exact) mass is 200 g/mol. The molecule has 2 aromatic rings. The van der Waals surface area contributed by atoms with Crippen LogP contribution in [0.5, 0.6) is 0 Å². The smallest absolute Gasteiger partial charge is 0.248 e. The number of carbonyl (C=O) groups is 1. The van der Waals surface area contributed by atoms with Crippen LogP contribution in [0.2, 0.25) is 0 Å². The Kier molecular flexibility index (Phi) is 2.29. The van der Waals surface area contributed by atoms with Crippen molar-refractivity contribution in [2.75, 3.05) is 0 Å². The van der Waals surface area contributed by atoms with Gasteiger partial charge in [0, 0.05) is 23.6 Å². The lowest BCUT2D eigenvalue weighted by molar-refractivity contribution is 0.100. The van der Waals surface area contributed by atoms with Crippen LogP contribution in [0.3, 0.4) is 0 Å². The van der Waals surface area contributed by atoms with Crippen LogP contribution in [-0.2, 0) is 0 Å². The van der Waals surface area contributed by atoms with Gasteiger partial charge in [-0.1, -0.05) is 6.07 Å². The largest absolute Gasteiger partial charge is 0.366 e. The molecule has 1 aromatic carbocycles. The van der Waals surface area contributed by atoms with Crippen molar-refractivity contribution in [3.8, 4) is 5.69 Å². The Morgan fingerprint density at radius 2 is 1.93 bits per heavy atom. The molecule has 2 rings (SSSR count). The first kappa shape index (κ1) is 9.52. The average Bonchev–Trinajstić information content (AvgIpc) is 2.71. The van der Waals surface area contributed by atoms with Crippen molar-refractivity contribution in [3.05, 3.63) is 53.9 Å². The zero-order valence-corrected chi connectivity index (χ0v) is 8.47. The molecule has 3 heteroatoms. The Hall–Kier alpha value is -2.03. The van der Waals surface area contributed by atoms with E-state index in [0.717, 1.165) is 11.3 Å². The minimum Gasteiger partial charge on any atom is -0.366 e. The van der Waals surface area contributed by atoms with Gasteiger partial charge in [0.1, 0.15) is 0 Å². The number of carbonyl (C=O) groups excluding carboxylic acids is 1. The second-order valence-electron chi connectivity index (χ2n) is 3.46. The maximum Gasteiger partial charge on any atom is 0.248 e. The van der Waals surface area contributed by atoms with Crippen molar-refractivity contribution in [1.82, 2.24) is 4.57 Å². The molecule has 0 bridgehead atoms. The topological polar surface area (TPSA) is 48.0 Å². The SMILES string of the molecule is Cc1ccc(C(N)=O)cc1-n1cccc1. The molecule has 0 aliphatic heterocycles. The Labute approximate surface area is 88.1 Å². The van der Waals surface area contributed by atoms with E-state index in [1.54, 1.807) is 12.1 Å². The number of primary amides is 1. The van der Waals surface area contributed by atoms with Gasteiger partial charge in [0.15, 0.2) is 0 Å². The quantitative estimate of drug-likeness (QED) is 0.790. The van der Waals surface area contributed by atoms with E-state index in [9.17, 15) is 4.79 Å². The van der Waals surface area contributed by atoms with Gasteiger partial charge in [0.05, 0.1) is 0 Å². The summed E-state index contributed by atoms with van der Waals surface area (Å²) in [6.07, 6.45) is 3.88. The molecule has 0 fully saturated rings. The van der Waals surface area contributed by atoms with E-state index in [4.69, 9.17) is 5.73 Å². The van der Waals surface area contributed by atoms with E-state index in [1.807, 2.05) is 42.1 Å². The van der Waals surface area contributed by atoms with Gasteiger partial charge >= 0.3 is 0 Å². The van der Waals surface area contributed by atoms with Crippen molar-refractivity contribution in [3.63, 3.8) is 0 Å². The summed E-state index contributed by atoms with van der Waals surface area (Å²) < 4.78 is 1.96. The van der Waals surface area contributed by atoms with Crippen LogP contribution in [0.1, 0.15) is 15.9 Å². The predicted octanol–water partition coefficient (Wildman–Crippen LogP) is 1.88. The number of nitrogens with zero attached hydrogens (tertiary/aromatic N) is 1. The van der Waals surface area contributed by atoms with Gasteiger partial charge < -0.3 is 10.3 Å². The third kappa shape index (κ3) is 1.76. The molecular formula is C12H12N2O. The van der Waals surface area contributed by atoms with Crippen LogP contribution in [0.25, 0.3) is 5.69 Å². The molecule has 1 amide bonds. The molecular weight excluding hydrogens is 188 g/mol. The molecule has 0 aliphatic rings. The molecule has 0 spiro atoms. The first-order valence-corrected chi connectivity index (χ1v) is 4.72. The third-order valence-electron chi connectivity index (χ3n) is 2.38.